The zero-order valence-corrected chi connectivity index (χ0v) is 22.5. The zero-order valence-electron chi connectivity index (χ0n) is 22.5. The topological polar surface area (TPSA) is 163 Å². The van der Waals surface area contributed by atoms with Gasteiger partial charge in [0.2, 0.25) is 0 Å². The van der Waals surface area contributed by atoms with Crippen molar-refractivity contribution in [3.8, 4) is 0 Å². The minimum absolute atomic E-state index is 0.522. The number of amides is 2. The normalized spacial score (nSPS) is 12.6. The Morgan fingerprint density at radius 3 is 0.944 bits per heavy atom. The average Bonchev–Trinajstić information content (AvgIpc) is 2.81. The molecule has 6 N–H and O–H groups in total. The molecule has 10 nitrogen and oxygen atoms in total. The van der Waals surface area contributed by atoms with E-state index in [-0.39, 0.29) is 0 Å². The molecule has 0 aliphatic rings. The van der Waals surface area contributed by atoms with Crippen molar-refractivity contribution in [2.45, 2.75) is 129 Å². The van der Waals surface area contributed by atoms with Gasteiger partial charge in [0.1, 0.15) is 12.1 Å². The van der Waals surface area contributed by atoms with Crippen molar-refractivity contribution in [1.82, 2.24) is 10.6 Å². The maximum Gasteiger partial charge on any atom is 0.412 e. The summed E-state index contributed by atoms with van der Waals surface area (Å²) in [6, 6.07) is -1.04. The molecule has 0 heterocycles. The van der Waals surface area contributed by atoms with Crippen molar-refractivity contribution in [1.29, 1.82) is 0 Å². The highest BCUT2D eigenvalue weighted by atomic mass is 16.6. The highest BCUT2D eigenvalue weighted by Crippen LogP contribution is 2.13. The zero-order chi connectivity index (χ0) is 27.0. The lowest BCUT2D eigenvalue weighted by molar-refractivity contribution is -0.140. The fourth-order valence-electron chi connectivity index (χ4n) is 3.90. The van der Waals surface area contributed by atoms with Crippen molar-refractivity contribution in [3.63, 3.8) is 0 Å². The van der Waals surface area contributed by atoms with Crippen molar-refractivity contribution in [3.05, 3.63) is 0 Å². The van der Waals surface area contributed by atoms with Crippen LogP contribution in [-0.4, -0.2) is 49.3 Å². The van der Waals surface area contributed by atoms with E-state index in [9.17, 15) is 19.2 Å². The third-order valence-electron chi connectivity index (χ3n) is 6.11. The first-order chi connectivity index (χ1) is 17.2. The minimum Gasteiger partial charge on any atom is -0.375 e. The molecule has 210 valence electrons. The van der Waals surface area contributed by atoms with Crippen LogP contribution in [0.15, 0.2) is 0 Å². The van der Waals surface area contributed by atoms with E-state index in [4.69, 9.17) is 11.5 Å². The summed E-state index contributed by atoms with van der Waals surface area (Å²) < 4.78 is 8.67. The first-order valence-corrected chi connectivity index (χ1v) is 13.7. The number of unbranched alkanes of at least 4 members (excludes halogenated alkanes) is 15. The highest BCUT2D eigenvalue weighted by Gasteiger charge is 2.16. The standard InChI is InChI=1S/C26H50N4O6/c1-21(23(31)35-25(27)33)29-19-17-15-13-11-9-7-5-3-4-6-8-10-12-14-16-18-20-30-22(2)24(32)36-26(28)34/h21-22,29-30H,3-20H2,1-2H3,(H2,27,33)(H2,28,34). The number of hydrogen-bond acceptors (Lipinski definition) is 8. The molecular weight excluding hydrogens is 464 g/mol. The molecule has 0 saturated carbocycles. The predicted molar refractivity (Wildman–Crippen MR) is 140 cm³/mol. The lowest BCUT2D eigenvalue weighted by Crippen LogP contribution is -2.37. The third-order valence-corrected chi connectivity index (χ3v) is 6.11. The molecule has 2 atom stereocenters. The van der Waals surface area contributed by atoms with Crippen LogP contribution in [0.3, 0.4) is 0 Å². The number of carbonyl (C=O) groups is 4. The number of hydrogen-bond donors (Lipinski definition) is 4. The molecule has 2 amide bonds. The van der Waals surface area contributed by atoms with E-state index in [1.165, 1.54) is 77.0 Å². The van der Waals surface area contributed by atoms with E-state index in [1.807, 2.05) is 0 Å². The Balaban J connectivity index is 3.27. The third kappa shape index (κ3) is 22.3. The van der Waals surface area contributed by atoms with Gasteiger partial charge in [-0.2, -0.15) is 0 Å². The number of primary amides is 2. The maximum absolute atomic E-state index is 11.4. The van der Waals surface area contributed by atoms with E-state index in [2.05, 4.69) is 20.1 Å². The summed E-state index contributed by atoms with van der Waals surface area (Å²) in [5.41, 5.74) is 9.65. The number of carbonyl (C=O) groups excluding carboxylic acids is 4. The number of nitrogens with two attached hydrogens (primary N) is 2. The van der Waals surface area contributed by atoms with E-state index in [0.29, 0.717) is 0 Å². The molecule has 0 rings (SSSR count). The summed E-state index contributed by atoms with van der Waals surface area (Å²) in [5, 5.41) is 6.09. The first-order valence-electron chi connectivity index (χ1n) is 13.7. The fourth-order valence-corrected chi connectivity index (χ4v) is 3.90. The molecule has 0 fully saturated rings. The van der Waals surface area contributed by atoms with Crippen molar-refractivity contribution >= 4 is 24.1 Å². The summed E-state index contributed by atoms with van der Waals surface area (Å²) in [6.45, 7) is 4.77. The van der Waals surface area contributed by atoms with Gasteiger partial charge >= 0.3 is 24.1 Å². The molecule has 0 aromatic carbocycles. The van der Waals surface area contributed by atoms with Gasteiger partial charge in [-0.15, -0.1) is 0 Å². The van der Waals surface area contributed by atoms with Gasteiger partial charge in [-0.25, -0.2) is 19.2 Å². The van der Waals surface area contributed by atoms with E-state index in [1.54, 1.807) is 13.8 Å². The van der Waals surface area contributed by atoms with Crippen LogP contribution in [0.2, 0.25) is 0 Å². The molecule has 36 heavy (non-hydrogen) atoms. The summed E-state index contributed by atoms with van der Waals surface area (Å²) in [5.74, 6) is -1.27. The van der Waals surface area contributed by atoms with Crippen LogP contribution in [0.25, 0.3) is 0 Å². The summed E-state index contributed by atoms with van der Waals surface area (Å²) >= 11 is 0. The molecule has 0 bridgehead atoms. The van der Waals surface area contributed by atoms with Crippen molar-refractivity contribution in [2.75, 3.05) is 13.1 Å². The second-order valence-corrected chi connectivity index (χ2v) is 9.49. The van der Waals surface area contributed by atoms with E-state index < -0.39 is 36.2 Å². The van der Waals surface area contributed by atoms with Crippen LogP contribution in [0.5, 0.6) is 0 Å². The Bertz CT molecular complexity index is 565. The lowest BCUT2D eigenvalue weighted by Gasteiger charge is -2.11. The average molecular weight is 515 g/mol. The molecule has 0 aromatic rings. The van der Waals surface area contributed by atoms with Crippen LogP contribution in [0, 0.1) is 0 Å². The number of esters is 2. The van der Waals surface area contributed by atoms with Gasteiger partial charge in [-0.1, -0.05) is 89.9 Å². The number of nitrogens with one attached hydrogen (secondary N) is 2. The number of rotatable bonds is 23. The molecule has 10 heteroatoms. The van der Waals surface area contributed by atoms with Crippen LogP contribution < -0.4 is 22.1 Å². The second kappa shape index (κ2) is 23.2. The van der Waals surface area contributed by atoms with E-state index >= 15 is 0 Å². The summed E-state index contributed by atoms with van der Waals surface area (Å²) in [7, 11) is 0. The molecule has 0 aliphatic carbocycles. The van der Waals surface area contributed by atoms with Gasteiger partial charge in [0, 0.05) is 0 Å². The summed E-state index contributed by atoms with van der Waals surface area (Å²) in [4.78, 5) is 43.9. The van der Waals surface area contributed by atoms with Gasteiger partial charge in [0.05, 0.1) is 0 Å². The fraction of sp³-hybridized carbons (Fsp3) is 0.846. The lowest BCUT2D eigenvalue weighted by atomic mass is 10.0. The maximum atomic E-state index is 11.4. The second-order valence-electron chi connectivity index (χ2n) is 9.49. The SMILES string of the molecule is CC(NCCCCCCCCCCCCCCCCCCNC(C)C(=O)OC(N)=O)C(=O)OC(N)=O. The molecule has 0 saturated heterocycles. The van der Waals surface area contributed by atoms with Crippen molar-refractivity contribution in [2.24, 2.45) is 11.5 Å². The minimum atomic E-state index is -1.06. The highest BCUT2D eigenvalue weighted by molar-refractivity contribution is 5.87. The van der Waals surface area contributed by atoms with Gasteiger partial charge in [-0.3, -0.25) is 0 Å². The monoisotopic (exact) mass is 514 g/mol. The smallest absolute Gasteiger partial charge is 0.375 e. The van der Waals surface area contributed by atoms with Gasteiger partial charge < -0.3 is 31.6 Å². The van der Waals surface area contributed by atoms with Crippen LogP contribution in [0.4, 0.5) is 9.59 Å². The Morgan fingerprint density at radius 2 is 0.722 bits per heavy atom. The Labute approximate surface area is 217 Å². The molecule has 0 spiro atoms. The first kappa shape index (κ1) is 33.8. The molecular formula is C26H50N4O6. The predicted octanol–water partition coefficient (Wildman–Crippen LogP) is 4.43. The van der Waals surface area contributed by atoms with E-state index in [0.717, 1.165) is 38.8 Å². The Kier molecular flexibility index (Phi) is 21.8. The number of ether oxygens (including phenoxy) is 2. The van der Waals surface area contributed by atoms with Crippen LogP contribution >= 0.6 is 0 Å². The van der Waals surface area contributed by atoms with Crippen molar-refractivity contribution < 1.29 is 28.7 Å². The quantitative estimate of drug-likeness (QED) is 0.0884. The largest absolute Gasteiger partial charge is 0.412 e. The molecule has 0 aromatic heterocycles. The van der Waals surface area contributed by atoms with Crippen LogP contribution in [-0.2, 0) is 19.1 Å². The molecule has 2 unspecified atom stereocenters. The molecule has 0 aliphatic heterocycles. The Morgan fingerprint density at radius 1 is 0.500 bits per heavy atom. The Hall–Kier alpha value is -2.20. The molecule has 0 radical (unpaired) electrons. The van der Waals surface area contributed by atoms with Crippen LogP contribution in [0.1, 0.15) is 117 Å². The van der Waals surface area contributed by atoms with Gasteiger partial charge in [0.15, 0.2) is 0 Å². The summed E-state index contributed by atoms with van der Waals surface area (Å²) in [6.07, 6.45) is 17.5. The van der Waals surface area contributed by atoms with Gasteiger partial charge in [-0.05, 0) is 39.8 Å². The van der Waals surface area contributed by atoms with Gasteiger partial charge in [0.25, 0.3) is 0 Å².